The molecule has 1 heterocycles. The molecule has 0 aromatic rings. The van der Waals surface area contributed by atoms with Crippen molar-refractivity contribution < 1.29 is 4.39 Å². The van der Waals surface area contributed by atoms with Crippen LogP contribution in [0.1, 0.15) is 39.0 Å². The third kappa shape index (κ3) is 2.39. The third-order valence-corrected chi connectivity index (χ3v) is 5.02. The van der Waals surface area contributed by atoms with Crippen LogP contribution in [0.5, 0.6) is 0 Å². The van der Waals surface area contributed by atoms with Gasteiger partial charge in [0, 0.05) is 24.0 Å². The highest BCUT2D eigenvalue weighted by Crippen LogP contribution is 2.39. The maximum atomic E-state index is 13.6. The Bertz CT molecular complexity index is 617. The molecule has 21 heavy (non-hydrogen) atoms. The molecule has 0 amide bonds. The Morgan fingerprint density at radius 3 is 3.00 bits per heavy atom. The van der Waals surface area contributed by atoms with Gasteiger partial charge >= 0.3 is 0 Å². The van der Waals surface area contributed by atoms with Crippen molar-refractivity contribution in [2.24, 2.45) is 16.8 Å². The summed E-state index contributed by atoms with van der Waals surface area (Å²) in [5.74, 6) is 2.14. The zero-order valence-corrected chi connectivity index (χ0v) is 12.4. The van der Waals surface area contributed by atoms with Gasteiger partial charge in [-0.2, -0.15) is 0 Å². The standard InChI is InChI=1S/C18H21FN2/c1-11(13-4-2-5-14(19)10-13)15-6-3-7-16-17(15)21-18(20-16)12-8-9-12/h3,5-7,12,15,17H,2,4,8-10H2,1H3,(H,20,21)/b13-11+. The van der Waals surface area contributed by atoms with Gasteiger partial charge in [0.15, 0.2) is 0 Å². The number of amidine groups is 1. The second-order valence-electron chi connectivity index (χ2n) is 6.54. The molecule has 0 saturated heterocycles. The molecule has 4 rings (SSSR count). The van der Waals surface area contributed by atoms with Gasteiger partial charge < -0.3 is 5.32 Å². The highest BCUT2D eigenvalue weighted by molar-refractivity contribution is 5.91. The predicted molar refractivity (Wildman–Crippen MR) is 83.5 cm³/mol. The summed E-state index contributed by atoms with van der Waals surface area (Å²) in [6.45, 7) is 2.16. The first-order valence-corrected chi connectivity index (χ1v) is 7.98. The SMILES string of the molecule is C/C(=C1/CCC=C(F)C1)C1C=CC=C2NC(C3CC3)=NC21. The normalized spacial score (nSPS) is 33.7. The van der Waals surface area contributed by atoms with Crippen LogP contribution in [0.2, 0.25) is 0 Å². The van der Waals surface area contributed by atoms with E-state index < -0.39 is 0 Å². The molecule has 1 aliphatic heterocycles. The zero-order chi connectivity index (χ0) is 14.4. The van der Waals surface area contributed by atoms with Crippen molar-refractivity contribution in [3.8, 4) is 0 Å². The molecule has 0 aromatic heterocycles. The minimum Gasteiger partial charge on any atom is -0.345 e. The molecule has 0 bridgehead atoms. The lowest BCUT2D eigenvalue weighted by atomic mass is 9.82. The highest BCUT2D eigenvalue weighted by atomic mass is 19.1. The van der Waals surface area contributed by atoms with Crippen molar-refractivity contribution in [1.82, 2.24) is 5.32 Å². The van der Waals surface area contributed by atoms with Crippen molar-refractivity contribution in [1.29, 1.82) is 0 Å². The fourth-order valence-corrected chi connectivity index (χ4v) is 3.56. The average molecular weight is 284 g/mol. The van der Waals surface area contributed by atoms with Crippen LogP contribution >= 0.6 is 0 Å². The van der Waals surface area contributed by atoms with Crippen molar-refractivity contribution in [2.45, 2.75) is 45.1 Å². The highest BCUT2D eigenvalue weighted by Gasteiger charge is 2.38. The van der Waals surface area contributed by atoms with Crippen LogP contribution < -0.4 is 5.32 Å². The van der Waals surface area contributed by atoms with Gasteiger partial charge in [-0.05, 0) is 38.7 Å². The minimum absolute atomic E-state index is 0.0258. The molecule has 2 atom stereocenters. The van der Waals surface area contributed by atoms with E-state index in [0.29, 0.717) is 12.3 Å². The van der Waals surface area contributed by atoms with Gasteiger partial charge in [-0.1, -0.05) is 29.4 Å². The lowest BCUT2D eigenvalue weighted by molar-refractivity contribution is 0.565. The summed E-state index contributed by atoms with van der Waals surface area (Å²) in [5, 5.41) is 3.50. The summed E-state index contributed by atoms with van der Waals surface area (Å²) in [4.78, 5) is 4.93. The maximum Gasteiger partial charge on any atom is 0.104 e. The molecule has 0 aromatic carbocycles. The van der Waals surface area contributed by atoms with Crippen LogP contribution in [0.15, 0.2) is 52.0 Å². The van der Waals surface area contributed by atoms with Gasteiger partial charge in [-0.25, -0.2) is 4.39 Å². The number of hydrogen-bond donors (Lipinski definition) is 1. The zero-order valence-electron chi connectivity index (χ0n) is 12.4. The van der Waals surface area contributed by atoms with Crippen LogP contribution in [-0.2, 0) is 0 Å². The van der Waals surface area contributed by atoms with Gasteiger partial charge in [0.1, 0.15) is 11.9 Å². The third-order valence-electron chi connectivity index (χ3n) is 5.02. The van der Waals surface area contributed by atoms with E-state index in [-0.39, 0.29) is 17.8 Å². The number of halogens is 1. The first-order valence-electron chi connectivity index (χ1n) is 7.98. The van der Waals surface area contributed by atoms with E-state index in [9.17, 15) is 4.39 Å². The number of nitrogens with one attached hydrogen (secondary N) is 1. The van der Waals surface area contributed by atoms with Crippen LogP contribution in [0.4, 0.5) is 4.39 Å². The Kier molecular flexibility index (Phi) is 3.09. The Morgan fingerprint density at radius 2 is 2.24 bits per heavy atom. The smallest absolute Gasteiger partial charge is 0.104 e. The summed E-state index contributed by atoms with van der Waals surface area (Å²) < 4.78 is 13.6. The topological polar surface area (TPSA) is 24.4 Å². The first-order chi connectivity index (χ1) is 10.2. The van der Waals surface area contributed by atoms with E-state index in [1.807, 2.05) is 0 Å². The average Bonchev–Trinajstić information content (AvgIpc) is 3.25. The van der Waals surface area contributed by atoms with E-state index in [1.54, 1.807) is 6.08 Å². The number of aliphatic imine (C=N–C) groups is 1. The van der Waals surface area contributed by atoms with E-state index in [0.717, 1.165) is 12.8 Å². The van der Waals surface area contributed by atoms with Crippen molar-refractivity contribution in [3.05, 3.63) is 47.0 Å². The molecule has 1 N–H and O–H groups in total. The Balaban J connectivity index is 1.62. The summed E-state index contributed by atoms with van der Waals surface area (Å²) >= 11 is 0. The van der Waals surface area contributed by atoms with Gasteiger partial charge in [0.25, 0.3) is 0 Å². The predicted octanol–water partition coefficient (Wildman–Crippen LogP) is 4.19. The molecule has 2 nitrogen and oxygen atoms in total. The number of rotatable bonds is 2. The summed E-state index contributed by atoms with van der Waals surface area (Å²) in [5.41, 5.74) is 3.80. The summed E-state index contributed by atoms with van der Waals surface area (Å²) in [6.07, 6.45) is 13.0. The molecule has 0 spiro atoms. The fraction of sp³-hybridized carbons (Fsp3) is 0.500. The number of fused-ring (bicyclic) bond motifs is 1. The van der Waals surface area contributed by atoms with Crippen LogP contribution in [0.3, 0.4) is 0 Å². The molecule has 4 aliphatic rings. The Morgan fingerprint density at radius 1 is 1.38 bits per heavy atom. The molecular weight excluding hydrogens is 263 g/mol. The van der Waals surface area contributed by atoms with E-state index in [4.69, 9.17) is 4.99 Å². The lowest BCUT2D eigenvalue weighted by Gasteiger charge is -2.26. The fourth-order valence-electron chi connectivity index (χ4n) is 3.56. The summed E-state index contributed by atoms with van der Waals surface area (Å²) in [7, 11) is 0. The van der Waals surface area contributed by atoms with E-state index >= 15 is 0 Å². The molecule has 1 fully saturated rings. The minimum atomic E-state index is 0.0258. The van der Waals surface area contributed by atoms with Crippen molar-refractivity contribution in [2.75, 3.05) is 0 Å². The van der Waals surface area contributed by atoms with Crippen molar-refractivity contribution >= 4 is 5.84 Å². The number of allylic oxidation sites excluding steroid dienone is 5. The molecule has 3 heteroatoms. The van der Waals surface area contributed by atoms with Crippen molar-refractivity contribution in [3.63, 3.8) is 0 Å². The maximum absolute atomic E-state index is 13.6. The van der Waals surface area contributed by atoms with E-state index in [2.05, 4.69) is 30.5 Å². The summed E-state index contributed by atoms with van der Waals surface area (Å²) in [6, 6.07) is 0.187. The Labute approximate surface area is 125 Å². The van der Waals surface area contributed by atoms with Gasteiger partial charge in [-0.3, -0.25) is 4.99 Å². The van der Waals surface area contributed by atoms with E-state index in [1.165, 1.54) is 35.5 Å². The molecule has 3 aliphatic carbocycles. The quantitative estimate of drug-likeness (QED) is 0.755. The monoisotopic (exact) mass is 284 g/mol. The number of nitrogens with zero attached hydrogens (tertiary/aromatic N) is 1. The van der Waals surface area contributed by atoms with Crippen LogP contribution in [0.25, 0.3) is 0 Å². The van der Waals surface area contributed by atoms with Gasteiger partial charge in [-0.15, -0.1) is 0 Å². The first kappa shape index (κ1) is 13.1. The second-order valence-corrected chi connectivity index (χ2v) is 6.54. The molecule has 2 unspecified atom stereocenters. The van der Waals surface area contributed by atoms with Crippen LogP contribution in [-0.4, -0.2) is 11.9 Å². The molecule has 110 valence electrons. The van der Waals surface area contributed by atoms with Crippen LogP contribution in [0, 0.1) is 11.8 Å². The lowest BCUT2D eigenvalue weighted by Crippen LogP contribution is -2.26. The van der Waals surface area contributed by atoms with Gasteiger partial charge in [0.05, 0.1) is 5.83 Å². The van der Waals surface area contributed by atoms with Gasteiger partial charge in [0.2, 0.25) is 0 Å². The molecular formula is C18H21FN2. The Hall–Kier alpha value is -1.64. The molecule has 1 saturated carbocycles. The number of hydrogen-bond acceptors (Lipinski definition) is 2. The molecule has 0 radical (unpaired) electrons. The largest absolute Gasteiger partial charge is 0.345 e. The second kappa shape index (κ2) is 4.97.